The van der Waals surface area contributed by atoms with Gasteiger partial charge in [0, 0.05) is 29.3 Å². The van der Waals surface area contributed by atoms with Crippen molar-refractivity contribution < 1.29 is 0 Å². The molecule has 1 aromatic carbocycles. The van der Waals surface area contributed by atoms with Crippen molar-refractivity contribution in [1.29, 1.82) is 0 Å². The quantitative estimate of drug-likeness (QED) is 0.749. The summed E-state index contributed by atoms with van der Waals surface area (Å²) in [6.07, 6.45) is 5.25. The molecule has 6 heteroatoms. The molecule has 3 heterocycles. The fourth-order valence-electron chi connectivity index (χ4n) is 3.73. The van der Waals surface area contributed by atoms with Crippen molar-refractivity contribution >= 4 is 28.5 Å². The monoisotopic (exact) mass is 341 g/mol. The number of piperidine rings is 1. The molecule has 24 heavy (non-hydrogen) atoms. The third kappa shape index (κ3) is 2.54. The average molecular weight is 342 g/mol. The number of anilines is 1. The van der Waals surface area contributed by atoms with E-state index in [9.17, 15) is 0 Å². The first-order valence-electron chi connectivity index (χ1n) is 8.16. The van der Waals surface area contributed by atoms with Gasteiger partial charge in [-0.3, -0.25) is 0 Å². The number of rotatable bonds is 2. The normalized spacial score (nSPS) is 24.5. The summed E-state index contributed by atoms with van der Waals surface area (Å²) in [5.74, 6) is 0.979. The van der Waals surface area contributed by atoms with Crippen LogP contribution in [0.1, 0.15) is 25.3 Å². The van der Waals surface area contributed by atoms with Crippen LogP contribution in [-0.2, 0) is 5.54 Å². The van der Waals surface area contributed by atoms with Gasteiger partial charge in [-0.15, -0.1) is 0 Å². The molecule has 0 amide bonds. The Kier molecular flexibility index (Phi) is 3.70. The summed E-state index contributed by atoms with van der Waals surface area (Å²) in [5.41, 5.74) is 8.43. The third-order valence-electron chi connectivity index (χ3n) is 5.01. The Morgan fingerprint density at radius 1 is 1.25 bits per heavy atom. The molecule has 1 saturated heterocycles. The van der Waals surface area contributed by atoms with Gasteiger partial charge in [0.2, 0.25) is 0 Å². The zero-order valence-electron chi connectivity index (χ0n) is 13.5. The summed E-state index contributed by atoms with van der Waals surface area (Å²) < 4.78 is 0. The van der Waals surface area contributed by atoms with Crippen molar-refractivity contribution in [2.75, 3.05) is 11.4 Å². The van der Waals surface area contributed by atoms with E-state index in [1.165, 1.54) is 0 Å². The van der Waals surface area contributed by atoms with E-state index >= 15 is 0 Å². The number of hydrogen-bond donors (Lipinski definition) is 2. The summed E-state index contributed by atoms with van der Waals surface area (Å²) in [5, 5.41) is 1.80. The predicted octanol–water partition coefficient (Wildman–Crippen LogP) is 3.45. The molecule has 124 valence electrons. The van der Waals surface area contributed by atoms with Crippen LogP contribution in [0.25, 0.3) is 11.0 Å². The minimum Gasteiger partial charge on any atom is -0.353 e. The minimum absolute atomic E-state index is 0.285. The molecule has 3 N–H and O–H groups in total. The number of nitrogens with one attached hydrogen (secondary N) is 1. The molecular weight excluding hydrogens is 322 g/mol. The molecule has 0 radical (unpaired) electrons. The number of hydrogen-bond acceptors (Lipinski definition) is 4. The molecule has 3 aromatic rings. The van der Waals surface area contributed by atoms with E-state index < -0.39 is 0 Å². The maximum atomic E-state index is 6.75. The third-order valence-corrected chi connectivity index (χ3v) is 5.27. The summed E-state index contributed by atoms with van der Waals surface area (Å²) in [7, 11) is 0. The molecule has 4 rings (SSSR count). The first-order chi connectivity index (χ1) is 11.6. The zero-order chi connectivity index (χ0) is 16.7. The number of benzene rings is 1. The minimum atomic E-state index is -0.329. The van der Waals surface area contributed by atoms with Gasteiger partial charge in [0.05, 0.1) is 5.39 Å². The molecule has 0 aliphatic carbocycles. The van der Waals surface area contributed by atoms with E-state index in [0.29, 0.717) is 0 Å². The fourth-order valence-corrected chi connectivity index (χ4v) is 3.85. The second-order valence-corrected chi connectivity index (χ2v) is 7.03. The highest BCUT2D eigenvalue weighted by Crippen LogP contribution is 2.37. The van der Waals surface area contributed by atoms with Crippen molar-refractivity contribution in [3.05, 3.63) is 53.4 Å². The topological polar surface area (TPSA) is 70.8 Å². The van der Waals surface area contributed by atoms with E-state index in [2.05, 4.69) is 26.8 Å². The van der Waals surface area contributed by atoms with Crippen LogP contribution in [0.2, 0.25) is 5.02 Å². The second-order valence-electron chi connectivity index (χ2n) is 6.60. The van der Waals surface area contributed by atoms with Crippen molar-refractivity contribution in [3.63, 3.8) is 0 Å². The number of aromatic nitrogens is 3. The van der Waals surface area contributed by atoms with Gasteiger partial charge in [-0.25, -0.2) is 9.97 Å². The van der Waals surface area contributed by atoms with Gasteiger partial charge in [0.1, 0.15) is 17.8 Å². The number of nitrogens with zero attached hydrogens (tertiary/aromatic N) is 3. The van der Waals surface area contributed by atoms with Gasteiger partial charge >= 0.3 is 0 Å². The van der Waals surface area contributed by atoms with Crippen LogP contribution in [0, 0.1) is 0 Å². The lowest BCUT2D eigenvalue weighted by atomic mass is 9.79. The standard InChI is InChI=1S/C18H20ClN5/c1-12-10-18(20,13-2-4-14(19)5-3-13)7-9-24(12)17-15-6-8-21-16(15)22-11-23-17/h2-6,8,11-12H,7,9-10,20H2,1H3,(H,21,22,23)/t12-,18-/m0/s1. The van der Waals surface area contributed by atoms with Crippen molar-refractivity contribution in [2.45, 2.75) is 31.3 Å². The first-order valence-corrected chi connectivity index (χ1v) is 8.54. The van der Waals surface area contributed by atoms with Crippen LogP contribution in [0.15, 0.2) is 42.9 Å². The number of H-pyrrole nitrogens is 1. The molecule has 5 nitrogen and oxygen atoms in total. The second kappa shape index (κ2) is 5.76. The average Bonchev–Trinajstić information content (AvgIpc) is 3.04. The van der Waals surface area contributed by atoms with E-state index in [1.54, 1.807) is 6.33 Å². The van der Waals surface area contributed by atoms with E-state index in [-0.39, 0.29) is 11.6 Å². The fraction of sp³-hybridized carbons (Fsp3) is 0.333. The lowest BCUT2D eigenvalue weighted by Crippen LogP contribution is -2.52. The first kappa shape index (κ1) is 15.4. The Bertz CT molecular complexity index is 859. The molecule has 1 fully saturated rings. The number of fused-ring (bicyclic) bond motifs is 1. The molecule has 1 aliphatic heterocycles. The van der Waals surface area contributed by atoms with Crippen LogP contribution < -0.4 is 10.6 Å². The number of aromatic amines is 1. The molecule has 2 aromatic heterocycles. The van der Waals surface area contributed by atoms with Gasteiger partial charge in [-0.2, -0.15) is 0 Å². The SMILES string of the molecule is C[C@H]1C[C@](N)(c2ccc(Cl)cc2)CCN1c1ncnc2[nH]ccc12. The highest BCUT2D eigenvalue weighted by atomic mass is 35.5. The summed E-state index contributed by atoms with van der Waals surface area (Å²) in [6, 6.07) is 10.2. The van der Waals surface area contributed by atoms with Gasteiger partial charge in [0.25, 0.3) is 0 Å². The van der Waals surface area contributed by atoms with Crippen LogP contribution in [0.5, 0.6) is 0 Å². The highest BCUT2D eigenvalue weighted by molar-refractivity contribution is 6.30. The number of halogens is 1. The Balaban J connectivity index is 1.63. The van der Waals surface area contributed by atoms with Gasteiger partial charge < -0.3 is 15.6 Å². The molecule has 0 bridgehead atoms. The van der Waals surface area contributed by atoms with Gasteiger partial charge in [-0.1, -0.05) is 23.7 Å². The smallest absolute Gasteiger partial charge is 0.142 e. The summed E-state index contributed by atoms with van der Waals surface area (Å²) in [4.78, 5) is 14.3. The Hall–Kier alpha value is -2.11. The van der Waals surface area contributed by atoms with Gasteiger partial charge in [-0.05, 0) is 43.5 Å². The van der Waals surface area contributed by atoms with Crippen LogP contribution >= 0.6 is 11.6 Å². The maximum absolute atomic E-state index is 6.75. The molecule has 0 saturated carbocycles. The predicted molar refractivity (Wildman–Crippen MR) is 97.2 cm³/mol. The van der Waals surface area contributed by atoms with E-state index in [0.717, 1.165) is 46.8 Å². The van der Waals surface area contributed by atoms with Crippen LogP contribution in [0.4, 0.5) is 5.82 Å². The Labute approximate surface area is 145 Å². The zero-order valence-corrected chi connectivity index (χ0v) is 14.3. The van der Waals surface area contributed by atoms with E-state index in [4.69, 9.17) is 17.3 Å². The van der Waals surface area contributed by atoms with Gasteiger partial charge in [0.15, 0.2) is 0 Å². The lowest BCUT2D eigenvalue weighted by Gasteiger charge is -2.44. The largest absolute Gasteiger partial charge is 0.353 e. The maximum Gasteiger partial charge on any atom is 0.142 e. The molecule has 2 atom stereocenters. The van der Waals surface area contributed by atoms with Crippen molar-refractivity contribution in [3.8, 4) is 0 Å². The van der Waals surface area contributed by atoms with Crippen molar-refractivity contribution in [1.82, 2.24) is 15.0 Å². The molecule has 0 spiro atoms. The highest BCUT2D eigenvalue weighted by Gasteiger charge is 2.37. The Morgan fingerprint density at radius 3 is 2.79 bits per heavy atom. The van der Waals surface area contributed by atoms with E-state index in [1.807, 2.05) is 36.5 Å². The van der Waals surface area contributed by atoms with Crippen LogP contribution in [-0.4, -0.2) is 27.5 Å². The molecular formula is C18H20ClN5. The summed E-state index contributed by atoms with van der Waals surface area (Å²) >= 11 is 6.01. The van der Waals surface area contributed by atoms with Crippen LogP contribution in [0.3, 0.4) is 0 Å². The summed E-state index contributed by atoms with van der Waals surface area (Å²) in [6.45, 7) is 3.06. The van der Waals surface area contributed by atoms with Crippen molar-refractivity contribution in [2.24, 2.45) is 5.73 Å². The lowest BCUT2D eigenvalue weighted by molar-refractivity contribution is 0.299. The molecule has 0 unspecified atom stereocenters. The Morgan fingerprint density at radius 2 is 2.04 bits per heavy atom. The molecule has 1 aliphatic rings. The number of nitrogens with two attached hydrogens (primary N) is 1.